The van der Waals surface area contributed by atoms with Crippen molar-refractivity contribution in [2.75, 3.05) is 13.2 Å². The maximum atomic E-state index is 12.5. The normalized spacial score (nSPS) is 19.8. The van der Waals surface area contributed by atoms with Crippen molar-refractivity contribution >= 4 is 11.9 Å². The molecule has 3 heterocycles. The topological polar surface area (TPSA) is 91.6 Å². The predicted molar refractivity (Wildman–Crippen MR) is 83.3 cm³/mol. The van der Waals surface area contributed by atoms with Gasteiger partial charge < -0.3 is 20.0 Å². The van der Waals surface area contributed by atoms with Crippen molar-refractivity contribution in [3.05, 3.63) is 57.3 Å². The molecule has 1 N–H and O–H groups in total. The number of dihydropyridines is 1. The third-order valence-electron chi connectivity index (χ3n) is 4.26. The van der Waals surface area contributed by atoms with Gasteiger partial charge in [0, 0.05) is 24.3 Å². The summed E-state index contributed by atoms with van der Waals surface area (Å²) in [5.74, 6) is -1.69. The number of cyclic esters (lactones) is 1. The lowest BCUT2D eigenvalue weighted by Crippen LogP contribution is -2.35. The molecule has 24 heavy (non-hydrogen) atoms. The Labute approximate surface area is 139 Å². The van der Waals surface area contributed by atoms with E-state index in [9.17, 15) is 14.8 Å². The van der Waals surface area contributed by atoms with Crippen LogP contribution >= 0.6 is 0 Å². The molecule has 0 bridgehead atoms. The van der Waals surface area contributed by atoms with Crippen LogP contribution in [0, 0.1) is 12.1 Å². The molecule has 3 rings (SSSR count). The van der Waals surface area contributed by atoms with Gasteiger partial charge in [0.05, 0.1) is 29.4 Å². The molecule has 1 aromatic rings. The average Bonchev–Trinajstić information content (AvgIpc) is 2.90. The summed E-state index contributed by atoms with van der Waals surface area (Å²) < 4.78 is 11.0. The second kappa shape index (κ2) is 5.99. The third-order valence-corrected chi connectivity index (χ3v) is 4.26. The van der Waals surface area contributed by atoms with Gasteiger partial charge in [-0.1, -0.05) is 0 Å². The molecule has 2 aliphatic rings. The maximum absolute atomic E-state index is 12.5. The van der Waals surface area contributed by atoms with Gasteiger partial charge in [0.15, 0.2) is 11.9 Å². The maximum Gasteiger partial charge on any atom is 0.337 e. The van der Waals surface area contributed by atoms with E-state index >= 15 is 0 Å². The zero-order valence-electron chi connectivity index (χ0n) is 13.7. The van der Waals surface area contributed by atoms with Gasteiger partial charge in [0.1, 0.15) is 6.61 Å². The highest BCUT2D eigenvalue weighted by atomic mass is 16.5. The van der Waals surface area contributed by atoms with E-state index in [0.717, 1.165) is 4.73 Å². The lowest BCUT2D eigenvalue weighted by Gasteiger charge is -2.27. The van der Waals surface area contributed by atoms with Crippen molar-refractivity contribution in [3.63, 3.8) is 0 Å². The number of hydrogen-bond acceptors (Lipinski definition) is 6. The van der Waals surface area contributed by atoms with Crippen LogP contribution in [0.2, 0.25) is 0 Å². The van der Waals surface area contributed by atoms with Crippen molar-refractivity contribution in [1.82, 2.24) is 5.32 Å². The molecule has 0 spiro atoms. The van der Waals surface area contributed by atoms with E-state index in [2.05, 4.69) is 5.32 Å². The number of nitrogens with one attached hydrogen (secondary N) is 1. The molecule has 126 valence electrons. The molecule has 0 amide bonds. The minimum atomic E-state index is -0.684. The SMILES string of the molecule is CCOC(=O)C1=C(C)NC2=C(C(=O)OC2)C1c1ccc[n+]([O-])c1C. The van der Waals surface area contributed by atoms with Crippen LogP contribution in [0.1, 0.15) is 31.0 Å². The first-order chi connectivity index (χ1) is 11.5. The minimum Gasteiger partial charge on any atom is -0.619 e. The second-order valence-electron chi connectivity index (χ2n) is 5.66. The summed E-state index contributed by atoms with van der Waals surface area (Å²) in [4.78, 5) is 24.7. The lowest BCUT2D eigenvalue weighted by molar-refractivity contribution is -0.612. The number of nitrogens with zero attached hydrogens (tertiary/aromatic N) is 1. The van der Waals surface area contributed by atoms with Gasteiger partial charge in [0.25, 0.3) is 0 Å². The summed E-state index contributed by atoms with van der Waals surface area (Å²) >= 11 is 0. The van der Waals surface area contributed by atoms with Crippen LogP contribution in [0.4, 0.5) is 0 Å². The summed E-state index contributed by atoms with van der Waals surface area (Å²) in [6.07, 6.45) is 1.38. The second-order valence-corrected chi connectivity index (χ2v) is 5.66. The zero-order valence-corrected chi connectivity index (χ0v) is 13.7. The summed E-state index contributed by atoms with van der Waals surface area (Å²) in [6.45, 7) is 5.46. The monoisotopic (exact) mass is 330 g/mol. The first-order valence-corrected chi connectivity index (χ1v) is 7.69. The van der Waals surface area contributed by atoms with Crippen LogP contribution in [-0.4, -0.2) is 25.2 Å². The van der Waals surface area contributed by atoms with Crippen molar-refractivity contribution in [1.29, 1.82) is 0 Å². The van der Waals surface area contributed by atoms with Crippen molar-refractivity contribution in [3.8, 4) is 0 Å². The molecular formula is C17H18N2O5. The van der Waals surface area contributed by atoms with Gasteiger partial charge in [0.2, 0.25) is 0 Å². The predicted octanol–water partition coefficient (Wildman–Crippen LogP) is 0.963. The van der Waals surface area contributed by atoms with Crippen LogP contribution in [0.25, 0.3) is 0 Å². The summed E-state index contributed by atoms with van der Waals surface area (Å²) in [5, 5.41) is 15.0. The van der Waals surface area contributed by atoms with Crippen LogP contribution < -0.4 is 10.0 Å². The molecule has 0 saturated heterocycles. The van der Waals surface area contributed by atoms with Crippen molar-refractivity contribution in [2.24, 2.45) is 0 Å². The van der Waals surface area contributed by atoms with E-state index in [1.807, 2.05) is 0 Å². The van der Waals surface area contributed by atoms with Gasteiger partial charge in [-0.3, -0.25) is 0 Å². The fraction of sp³-hybridized carbons (Fsp3) is 0.353. The zero-order chi connectivity index (χ0) is 17.4. The first-order valence-electron chi connectivity index (χ1n) is 7.69. The van der Waals surface area contributed by atoms with Crippen LogP contribution in [-0.2, 0) is 19.1 Å². The number of aromatic nitrogens is 1. The minimum absolute atomic E-state index is 0.126. The van der Waals surface area contributed by atoms with Crippen LogP contribution in [0.5, 0.6) is 0 Å². The Balaban J connectivity index is 2.21. The number of pyridine rings is 1. The van der Waals surface area contributed by atoms with Crippen molar-refractivity contribution < 1.29 is 23.8 Å². The van der Waals surface area contributed by atoms with E-state index in [4.69, 9.17) is 9.47 Å². The van der Waals surface area contributed by atoms with Gasteiger partial charge in [-0.2, -0.15) is 4.73 Å². The molecule has 0 radical (unpaired) electrons. The molecule has 0 fully saturated rings. The average molecular weight is 330 g/mol. The number of esters is 2. The number of ether oxygens (including phenoxy) is 2. The highest BCUT2D eigenvalue weighted by molar-refractivity contribution is 6.01. The summed E-state index contributed by atoms with van der Waals surface area (Å²) in [7, 11) is 0. The van der Waals surface area contributed by atoms with E-state index in [1.165, 1.54) is 6.20 Å². The largest absolute Gasteiger partial charge is 0.619 e. The van der Waals surface area contributed by atoms with E-state index < -0.39 is 17.9 Å². The Morgan fingerprint density at radius 1 is 1.50 bits per heavy atom. The van der Waals surface area contributed by atoms with E-state index in [1.54, 1.807) is 32.9 Å². The van der Waals surface area contributed by atoms with Gasteiger partial charge in [-0.25, -0.2) is 9.59 Å². The fourth-order valence-corrected chi connectivity index (χ4v) is 3.15. The molecule has 0 aliphatic carbocycles. The Morgan fingerprint density at radius 3 is 2.96 bits per heavy atom. The number of carbonyl (C=O) groups excluding carboxylic acids is 2. The smallest absolute Gasteiger partial charge is 0.337 e. The van der Waals surface area contributed by atoms with E-state index in [-0.39, 0.29) is 13.2 Å². The van der Waals surface area contributed by atoms with Crippen LogP contribution in [0.15, 0.2) is 40.9 Å². The summed E-state index contributed by atoms with van der Waals surface area (Å²) in [6, 6.07) is 3.33. The molecular weight excluding hydrogens is 312 g/mol. The third kappa shape index (κ3) is 2.42. The number of rotatable bonds is 3. The molecule has 7 heteroatoms. The molecule has 7 nitrogen and oxygen atoms in total. The molecule has 0 saturated carbocycles. The Kier molecular flexibility index (Phi) is 4.01. The van der Waals surface area contributed by atoms with Crippen molar-refractivity contribution in [2.45, 2.75) is 26.7 Å². The quantitative estimate of drug-likeness (QED) is 0.504. The van der Waals surface area contributed by atoms with Crippen LogP contribution in [0.3, 0.4) is 0 Å². The number of hydrogen-bond donors (Lipinski definition) is 1. The Morgan fingerprint density at radius 2 is 2.25 bits per heavy atom. The molecule has 1 atom stereocenters. The van der Waals surface area contributed by atoms with Gasteiger partial charge >= 0.3 is 11.9 Å². The number of carbonyl (C=O) groups is 2. The molecule has 0 aromatic carbocycles. The number of allylic oxidation sites excluding steroid dienone is 1. The summed E-state index contributed by atoms with van der Waals surface area (Å²) in [5.41, 5.74) is 2.91. The fourth-order valence-electron chi connectivity index (χ4n) is 3.15. The lowest BCUT2D eigenvalue weighted by atomic mass is 9.80. The standard InChI is InChI=1S/C17H18N2O5/c1-4-23-16(20)13-9(2)18-12-8-24-17(21)15(12)14(13)11-6-5-7-19(22)10(11)3/h5-7,14,18H,4,8H2,1-3H3. The molecule has 2 aliphatic heterocycles. The first kappa shape index (κ1) is 16.0. The van der Waals surface area contributed by atoms with Gasteiger partial charge in [-0.15, -0.1) is 0 Å². The highest BCUT2D eigenvalue weighted by Gasteiger charge is 2.43. The highest BCUT2D eigenvalue weighted by Crippen LogP contribution is 2.41. The molecule has 1 unspecified atom stereocenters. The Bertz CT molecular complexity index is 794. The Hall–Kier alpha value is -2.83. The van der Waals surface area contributed by atoms with E-state index in [0.29, 0.717) is 33.8 Å². The van der Waals surface area contributed by atoms with Gasteiger partial charge in [-0.05, 0) is 19.9 Å². The molecule has 1 aromatic heterocycles.